The molecule has 2 atom stereocenters. The number of ether oxygens (including phenoxy) is 2. The molecular formula is C16H20N2O2. The third-order valence-electron chi connectivity index (χ3n) is 3.75. The first-order valence-corrected chi connectivity index (χ1v) is 7.32. The van der Waals surface area contributed by atoms with Gasteiger partial charge >= 0.3 is 0 Å². The van der Waals surface area contributed by atoms with E-state index in [4.69, 9.17) is 9.47 Å². The van der Waals surface area contributed by atoms with Crippen molar-refractivity contribution in [3.8, 4) is 0 Å². The van der Waals surface area contributed by atoms with E-state index in [1.165, 1.54) is 0 Å². The van der Waals surface area contributed by atoms with Crippen molar-refractivity contribution in [2.75, 3.05) is 13.2 Å². The first-order chi connectivity index (χ1) is 9.80. The summed E-state index contributed by atoms with van der Waals surface area (Å²) in [5.74, 6) is 1.51. The molecule has 0 radical (unpaired) electrons. The van der Waals surface area contributed by atoms with Gasteiger partial charge in [0.15, 0.2) is 0 Å². The average molecular weight is 272 g/mol. The minimum absolute atomic E-state index is 0.303. The number of benzene rings is 1. The second-order valence-electron chi connectivity index (χ2n) is 5.19. The van der Waals surface area contributed by atoms with Gasteiger partial charge < -0.3 is 9.47 Å². The summed E-state index contributed by atoms with van der Waals surface area (Å²) in [6, 6.07) is 8.71. The average Bonchev–Trinajstić information content (AvgIpc) is 3.16. The molecule has 2 aliphatic heterocycles. The van der Waals surface area contributed by atoms with Crippen molar-refractivity contribution in [3.05, 3.63) is 35.4 Å². The molecule has 0 saturated heterocycles. The summed E-state index contributed by atoms with van der Waals surface area (Å²) in [7, 11) is 0. The topological polar surface area (TPSA) is 43.2 Å². The minimum atomic E-state index is 0.303. The molecule has 4 nitrogen and oxygen atoms in total. The van der Waals surface area contributed by atoms with Crippen LogP contribution in [0.4, 0.5) is 0 Å². The van der Waals surface area contributed by atoms with Crippen molar-refractivity contribution < 1.29 is 9.47 Å². The lowest BCUT2D eigenvalue weighted by molar-refractivity contribution is 0.314. The van der Waals surface area contributed by atoms with E-state index >= 15 is 0 Å². The fraction of sp³-hybridized carbons (Fsp3) is 0.500. The van der Waals surface area contributed by atoms with Crippen molar-refractivity contribution in [1.29, 1.82) is 0 Å². The number of aliphatic imine (C=N–C) groups is 2. The lowest BCUT2D eigenvalue weighted by Gasteiger charge is -2.04. The Morgan fingerprint density at radius 2 is 1.25 bits per heavy atom. The third-order valence-corrected chi connectivity index (χ3v) is 3.75. The molecule has 106 valence electrons. The summed E-state index contributed by atoms with van der Waals surface area (Å²) in [6.45, 7) is 5.65. The fourth-order valence-corrected chi connectivity index (χ4v) is 2.32. The molecule has 0 saturated carbocycles. The Bertz CT molecular complexity index is 485. The first kappa shape index (κ1) is 13.2. The number of nitrogens with zero attached hydrogens (tertiary/aromatic N) is 2. The van der Waals surface area contributed by atoms with Crippen molar-refractivity contribution in [3.63, 3.8) is 0 Å². The molecular weight excluding hydrogens is 252 g/mol. The van der Waals surface area contributed by atoms with Gasteiger partial charge in [-0.05, 0) is 37.1 Å². The molecule has 2 heterocycles. The van der Waals surface area contributed by atoms with Gasteiger partial charge in [-0.2, -0.15) is 0 Å². The van der Waals surface area contributed by atoms with E-state index in [1.54, 1.807) is 0 Å². The zero-order chi connectivity index (χ0) is 13.9. The third kappa shape index (κ3) is 2.55. The lowest BCUT2D eigenvalue weighted by atomic mass is 10.1. The Morgan fingerprint density at radius 1 is 0.850 bits per heavy atom. The van der Waals surface area contributed by atoms with Crippen molar-refractivity contribution in [2.24, 2.45) is 9.98 Å². The molecule has 1 aromatic carbocycles. The predicted octanol–water partition coefficient (Wildman–Crippen LogP) is 2.80. The van der Waals surface area contributed by atoms with E-state index in [2.05, 4.69) is 23.8 Å². The lowest BCUT2D eigenvalue weighted by Crippen LogP contribution is -2.05. The quantitative estimate of drug-likeness (QED) is 0.846. The standard InChI is InChI=1S/C16H20N2O2/c1-3-13-9-19-15(17-13)11-5-7-12(8-6-11)16-18-14(4-2)10-20-16/h5-8,13-14H,3-4,9-10H2,1-2H3. The summed E-state index contributed by atoms with van der Waals surface area (Å²) in [6.07, 6.45) is 2.04. The Hall–Kier alpha value is -1.84. The van der Waals surface area contributed by atoms with Crippen LogP contribution < -0.4 is 0 Å². The largest absolute Gasteiger partial charge is 0.475 e. The van der Waals surface area contributed by atoms with Crippen LogP contribution in [0, 0.1) is 0 Å². The molecule has 2 aliphatic rings. The molecule has 0 N–H and O–H groups in total. The SMILES string of the molecule is CCC1COC(c2ccc(C3=NC(CC)CO3)cc2)=N1. The predicted molar refractivity (Wildman–Crippen MR) is 79.6 cm³/mol. The summed E-state index contributed by atoms with van der Waals surface area (Å²) < 4.78 is 11.3. The normalized spacial score (nSPS) is 24.9. The summed E-state index contributed by atoms with van der Waals surface area (Å²) >= 11 is 0. The van der Waals surface area contributed by atoms with E-state index < -0.39 is 0 Å². The molecule has 20 heavy (non-hydrogen) atoms. The maximum Gasteiger partial charge on any atom is 0.216 e. The maximum absolute atomic E-state index is 5.63. The Balaban J connectivity index is 1.76. The van der Waals surface area contributed by atoms with Crippen LogP contribution in [0.2, 0.25) is 0 Å². The minimum Gasteiger partial charge on any atom is -0.475 e. The monoisotopic (exact) mass is 272 g/mol. The van der Waals surface area contributed by atoms with E-state index in [9.17, 15) is 0 Å². The van der Waals surface area contributed by atoms with E-state index in [1.807, 2.05) is 24.3 Å². The highest BCUT2D eigenvalue weighted by Gasteiger charge is 2.20. The van der Waals surface area contributed by atoms with E-state index in [0.717, 1.165) is 35.8 Å². The fourth-order valence-electron chi connectivity index (χ4n) is 2.32. The number of hydrogen-bond acceptors (Lipinski definition) is 4. The van der Waals surface area contributed by atoms with Crippen LogP contribution >= 0.6 is 0 Å². The van der Waals surface area contributed by atoms with Gasteiger partial charge in [-0.3, -0.25) is 0 Å². The van der Waals surface area contributed by atoms with Gasteiger partial charge in [0.05, 0.1) is 12.1 Å². The van der Waals surface area contributed by atoms with Crippen LogP contribution in [0.5, 0.6) is 0 Å². The molecule has 0 fully saturated rings. The summed E-state index contributed by atoms with van der Waals surface area (Å²) in [5, 5.41) is 0. The molecule has 0 amide bonds. The van der Waals surface area contributed by atoms with Gasteiger partial charge in [-0.1, -0.05) is 13.8 Å². The summed E-state index contributed by atoms with van der Waals surface area (Å²) in [5.41, 5.74) is 2.05. The van der Waals surface area contributed by atoms with E-state index in [0.29, 0.717) is 25.3 Å². The van der Waals surface area contributed by atoms with Gasteiger partial charge in [0.25, 0.3) is 0 Å². The number of hydrogen-bond donors (Lipinski definition) is 0. The van der Waals surface area contributed by atoms with Crippen molar-refractivity contribution in [2.45, 2.75) is 38.8 Å². The van der Waals surface area contributed by atoms with Crippen LogP contribution in [0.25, 0.3) is 0 Å². The van der Waals surface area contributed by atoms with Crippen LogP contribution in [0.15, 0.2) is 34.3 Å². The summed E-state index contributed by atoms with van der Waals surface area (Å²) in [4.78, 5) is 9.12. The van der Waals surface area contributed by atoms with Gasteiger partial charge in [0, 0.05) is 11.1 Å². The Labute approximate surface area is 119 Å². The molecule has 0 aliphatic carbocycles. The molecule has 0 aromatic heterocycles. The van der Waals surface area contributed by atoms with Gasteiger partial charge in [-0.15, -0.1) is 0 Å². The van der Waals surface area contributed by atoms with Crippen molar-refractivity contribution in [1.82, 2.24) is 0 Å². The van der Waals surface area contributed by atoms with Gasteiger partial charge in [-0.25, -0.2) is 9.98 Å². The van der Waals surface area contributed by atoms with Crippen LogP contribution in [0.3, 0.4) is 0 Å². The van der Waals surface area contributed by atoms with E-state index in [-0.39, 0.29) is 0 Å². The second kappa shape index (κ2) is 5.65. The molecule has 2 unspecified atom stereocenters. The highest BCUT2D eigenvalue weighted by molar-refractivity contribution is 5.98. The Morgan fingerprint density at radius 3 is 1.55 bits per heavy atom. The van der Waals surface area contributed by atoms with Gasteiger partial charge in [0.1, 0.15) is 13.2 Å². The smallest absolute Gasteiger partial charge is 0.216 e. The van der Waals surface area contributed by atoms with Crippen LogP contribution in [-0.2, 0) is 9.47 Å². The molecule has 0 bridgehead atoms. The zero-order valence-corrected chi connectivity index (χ0v) is 12.0. The highest BCUT2D eigenvalue weighted by atomic mass is 16.5. The zero-order valence-electron chi connectivity index (χ0n) is 12.0. The Kier molecular flexibility index (Phi) is 3.72. The maximum atomic E-state index is 5.63. The second-order valence-corrected chi connectivity index (χ2v) is 5.19. The molecule has 4 heteroatoms. The molecule has 3 rings (SSSR count). The highest BCUT2D eigenvalue weighted by Crippen LogP contribution is 2.17. The van der Waals surface area contributed by atoms with Crippen LogP contribution in [-0.4, -0.2) is 37.1 Å². The molecule has 0 spiro atoms. The van der Waals surface area contributed by atoms with Crippen molar-refractivity contribution >= 4 is 11.8 Å². The first-order valence-electron chi connectivity index (χ1n) is 7.32. The van der Waals surface area contributed by atoms with Crippen LogP contribution in [0.1, 0.15) is 37.8 Å². The number of rotatable bonds is 4. The molecule has 1 aromatic rings. The van der Waals surface area contributed by atoms with Gasteiger partial charge in [0.2, 0.25) is 11.8 Å².